The van der Waals surface area contributed by atoms with Crippen LogP contribution in [0.1, 0.15) is 22.3 Å². The maximum atomic E-state index is 12.9. The number of sulfone groups is 1. The van der Waals surface area contributed by atoms with Gasteiger partial charge in [-0.05, 0) is 42.3 Å². The van der Waals surface area contributed by atoms with E-state index in [1.165, 1.54) is 13.2 Å². The molecular formula is C21H21ClN2O5S. The van der Waals surface area contributed by atoms with E-state index in [-0.39, 0.29) is 27.8 Å². The Morgan fingerprint density at radius 1 is 1.17 bits per heavy atom. The minimum Gasteiger partial charge on any atom is -0.497 e. The van der Waals surface area contributed by atoms with Crippen LogP contribution in [-0.4, -0.2) is 44.9 Å². The molecule has 2 N–H and O–H groups in total. The minimum atomic E-state index is -3.16. The van der Waals surface area contributed by atoms with E-state index in [4.69, 9.17) is 16.3 Å². The summed E-state index contributed by atoms with van der Waals surface area (Å²) >= 11 is 6.09. The molecule has 1 unspecified atom stereocenters. The summed E-state index contributed by atoms with van der Waals surface area (Å²) in [4.78, 5) is 25.6. The predicted octanol–water partition coefficient (Wildman–Crippen LogP) is 2.42. The highest BCUT2D eigenvalue weighted by molar-refractivity contribution is 7.91. The van der Waals surface area contributed by atoms with Crippen molar-refractivity contribution in [3.8, 4) is 5.75 Å². The van der Waals surface area contributed by atoms with Crippen molar-refractivity contribution in [3.63, 3.8) is 0 Å². The van der Waals surface area contributed by atoms with E-state index in [2.05, 4.69) is 10.6 Å². The van der Waals surface area contributed by atoms with Crippen LogP contribution in [0.15, 0.2) is 54.2 Å². The fourth-order valence-corrected chi connectivity index (χ4v) is 4.96. The second kappa shape index (κ2) is 9.32. The van der Waals surface area contributed by atoms with Crippen molar-refractivity contribution in [3.05, 3.63) is 70.4 Å². The van der Waals surface area contributed by atoms with Crippen molar-refractivity contribution in [2.75, 3.05) is 18.6 Å². The molecule has 3 rings (SSSR count). The lowest BCUT2D eigenvalue weighted by Gasteiger charge is -2.15. The topological polar surface area (TPSA) is 102 Å². The molecule has 30 heavy (non-hydrogen) atoms. The van der Waals surface area contributed by atoms with Gasteiger partial charge in [0, 0.05) is 6.04 Å². The Labute approximate surface area is 180 Å². The first-order valence-electron chi connectivity index (χ1n) is 9.20. The van der Waals surface area contributed by atoms with Gasteiger partial charge in [0.25, 0.3) is 11.8 Å². The smallest absolute Gasteiger partial charge is 0.268 e. The third-order valence-electron chi connectivity index (χ3n) is 4.58. The standard InChI is InChI=1S/C21H21ClN2O5S/c1-29-16-6-4-5-14(11-16)12-19(21(26)23-15-9-10-30(27,28)13-15)24-20(25)17-7-2-3-8-18(17)22/h2-8,11-12,15H,9-10,13H2,1H3,(H,23,26)(H,24,25)/b19-12+. The molecule has 0 saturated carbocycles. The highest BCUT2D eigenvalue weighted by Crippen LogP contribution is 2.18. The normalized spacial score (nSPS) is 17.9. The molecule has 2 aromatic rings. The van der Waals surface area contributed by atoms with Gasteiger partial charge in [-0.1, -0.05) is 35.9 Å². The van der Waals surface area contributed by atoms with Crippen LogP contribution in [0.5, 0.6) is 5.75 Å². The Balaban J connectivity index is 1.87. The molecule has 0 radical (unpaired) electrons. The van der Waals surface area contributed by atoms with E-state index in [1.54, 1.807) is 48.5 Å². The molecule has 1 atom stereocenters. The number of carbonyl (C=O) groups is 2. The number of rotatable bonds is 6. The zero-order chi connectivity index (χ0) is 21.7. The van der Waals surface area contributed by atoms with Gasteiger partial charge in [-0.3, -0.25) is 9.59 Å². The summed E-state index contributed by atoms with van der Waals surface area (Å²) in [6.07, 6.45) is 1.83. The summed E-state index contributed by atoms with van der Waals surface area (Å²) in [6, 6.07) is 12.9. The maximum absolute atomic E-state index is 12.9. The monoisotopic (exact) mass is 448 g/mol. The van der Waals surface area contributed by atoms with Crippen molar-refractivity contribution >= 4 is 39.3 Å². The fraction of sp³-hybridized carbons (Fsp3) is 0.238. The van der Waals surface area contributed by atoms with Gasteiger partial charge >= 0.3 is 0 Å². The summed E-state index contributed by atoms with van der Waals surface area (Å²) in [5.74, 6) is -0.644. The van der Waals surface area contributed by atoms with Crippen LogP contribution in [0.3, 0.4) is 0 Å². The Bertz CT molecular complexity index is 1100. The zero-order valence-corrected chi connectivity index (χ0v) is 17.8. The van der Waals surface area contributed by atoms with Gasteiger partial charge in [-0.2, -0.15) is 0 Å². The van der Waals surface area contributed by atoms with Gasteiger partial charge in [0.1, 0.15) is 11.4 Å². The molecule has 0 aromatic heterocycles. The van der Waals surface area contributed by atoms with Gasteiger partial charge in [-0.15, -0.1) is 0 Å². The molecule has 1 aliphatic heterocycles. The summed E-state index contributed by atoms with van der Waals surface area (Å²) in [5.41, 5.74) is 0.808. The molecule has 0 bridgehead atoms. The van der Waals surface area contributed by atoms with E-state index in [0.29, 0.717) is 17.7 Å². The first-order chi connectivity index (χ1) is 14.3. The number of nitrogens with one attached hydrogen (secondary N) is 2. The van der Waals surface area contributed by atoms with Gasteiger partial charge in [0.2, 0.25) is 0 Å². The lowest BCUT2D eigenvalue weighted by molar-refractivity contribution is -0.118. The molecule has 1 heterocycles. The average molecular weight is 449 g/mol. The van der Waals surface area contributed by atoms with Gasteiger partial charge in [0.15, 0.2) is 9.84 Å². The van der Waals surface area contributed by atoms with Crippen molar-refractivity contribution in [1.82, 2.24) is 10.6 Å². The van der Waals surface area contributed by atoms with Crippen molar-refractivity contribution < 1.29 is 22.7 Å². The molecule has 1 aliphatic rings. The van der Waals surface area contributed by atoms with Gasteiger partial charge < -0.3 is 15.4 Å². The largest absolute Gasteiger partial charge is 0.497 e. The van der Waals surface area contributed by atoms with Crippen LogP contribution >= 0.6 is 11.6 Å². The Kier molecular flexibility index (Phi) is 6.79. The number of hydrogen-bond acceptors (Lipinski definition) is 5. The molecule has 158 valence electrons. The third-order valence-corrected chi connectivity index (χ3v) is 6.68. The molecule has 7 nitrogen and oxygen atoms in total. The Morgan fingerprint density at radius 3 is 2.60 bits per heavy atom. The van der Waals surface area contributed by atoms with Gasteiger partial charge in [-0.25, -0.2) is 8.42 Å². The number of carbonyl (C=O) groups excluding carboxylic acids is 2. The average Bonchev–Trinajstić information content (AvgIpc) is 3.06. The first kappa shape index (κ1) is 21.9. The number of methoxy groups -OCH3 is 1. The molecular weight excluding hydrogens is 428 g/mol. The molecule has 0 aliphatic carbocycles. The molecule has 1 saturated heterocycles. The van der Waals surface area contributed by atoms with E-state index >= 15 is 0 Å². The highest BCUT2D eigenvalue weighted by atomic mass is 35.5. The zero-order valence-electron chi connectivity index (χ0n) is 16.2. The second-order valence-corrected chi connectivity index (χ2v) is 9.48. The van der Waals surface area contributed by atoms with Crippen LogP contribution in [0.2, 0.25) is 5.02 Å². The Hall–Kier alpha value is -2.84. The quantitative estimate of drug-likeness (QED) is 0.661. The first-order valence-corrected chi connectivity index (χ1v) is 11.4. The van der Waals surface area contributed by atoms with Crippen LogP contribution in [0, 0.1) is 0 Å². The number of hydrogen-bond donors (Lipinski definition) is 2. The van der Waals surface area contributed by atoms with Crippen molar-refractivity contribution in [2.45, 2.75) is 12.5 Å². The minimum absolute atomic E-state index is 0.0266. The van der Waals surface area contributed by atoms with Gasteiger partial charge in [0.05, 0.1) is 29.2 Å². The molecule has 2 aromatic carbocycles. The fourth-order valence-electron chi connectivity index (χ4n) is 3.06. The van der Waals surface area contributed by atoms with E-state index in [1.807, 2.05) is 0 Å². The number of amides is 2. The van der Waals surface area contributed by atoms with E-state index in [9.17, 15) is 18.0 Å². The SMILES string of the molecule is COc1cccc(/C=C(/NC(=O)c2ccccc2Cl)C(=O)NC2CCS(=O)(=O)C2)c1. The maximum Gasteiger partial charge on any atom is 0.268 e. The molecule has 1 fully saturated rings. The summed E-state index contributed by atoms with van der Waals surface area (Å²) in [6.45, 7) is 0. The molecule has 9 heteroatoms. The summed E-state index contributed by atoms with van der Waals surface area (Å²) in [7, 11) is -1.64. The van der Waals surface area contributed by atoms with Crippen LogP contribution in [-0.2, 0) is 14.6 Å². The number of ether oxygens (including phenoxy) is 1. The van der Waals surface area contributed by atoms with Crippen LogP contribution in [0.25, 0.3) is 6.08 Å². The van der Waals surface area contributed by atoms with E-state index in [0.717, 1.165) is 0 Å². The van der Waals surface area contributed by atoms with Crippen LogP contribution < -0.4 is 15.4 Å². The predicted molar refractivity (Wildman–Crippen MR) is 115 cm³/mol. The summed E-state index contributed by atoms with van der Waals surface area (Å²) in [5, 5.41) is 5.53. The number of halogens is 1. The third kappa shape index (κ3) is 5.61. The van der Waals surface area contributed by atoms with Crippen LogP contribution in [0.4, 0.5) is 0 Å². The molecule has 0 spiro atoms. The lowest BCUT2D eigenvalue weighted by atomic mass is 10.1. The van der Waals surface area contributed by atoms with E-state index < -0.39 is 27.7 Å². The lowest BCUT2D eigenvalue weighted by Crippen LogP contribution is -2.41. The molecule has 2 amide bonds. The van der Waals surface area contributed by atoms with Crippen molar-refractivity contribution in [2.24, 2.45) is 0 Å². The second-order valence-electron chi connectivity index (χ2n) is 6.84. The Morgan fingerprint density at radius 2 is 1.93 bits per heavy atom. The van der Waals surface area contributed by atoms with Crippen molar-refractivity contribution in [1.29, 1.82) is 0 Å². The summed E-state index contributed by atoms with van der Waals surface area (Å²) < 4.78 is 28.6. The highest BCUT2D eigenvalue weighted by Gasteiger charge is 2.30. The number of benzene rings is 2.